The lowest BCUT2D eigenvalue weighted by atomic mass is 10.3. The average molecular weight is 251 g/mol. The molecule has 0 aromatic heterocycles. The van der Waals surface area contributed by atoms with Crippen LogP contribution in [0, 0.1) is 0 Å². The molecule has 4 heteroatoms. The van der Waals surface area contributed by atoms with Gasteiger partial charge in [0.15, 0.2) is 0 Å². The van der Waals surface area contributed by atoms with E-state index in [0.717, 1.165) is 6.42 Å². The maximum Gasteiger partial charge on any atom is 0.319 e. The van der Waals surface area contributed by atoms with Crippen LogP contribution in [0.15, 0.2) is 0 Å². The Kier molecular flexibility index (Phi) is 19.5. The lowest BCUT2D eigenvalue weighted by Gasteiger charge is -2.12. The van der Waals surface area contributed by atoms with Crippen molar-refractivity contribution in [3.63, 3.8) is 0 Å². The summed E-state index contributed by atoms with van der Waals surface area (Å²) in [5.74, 6) is -0.327. The molecule has 0 unspecified atom stereocenters. The van der Waals surface area contributed by atoms with E-state index in [2.05, 4.69) is 31.8 Å². The predicted octanol–water partition coefficient (Wildman–Crippen LogP) is 3.07. The van der Waals surface area contributed by atoms with Crippen LogP contribution in [0.1, 0.15) is 48.0 Å². The normalized spacial score (nSPS) is 9.25. The molecule has 0 saturated heterocycles. The van der Waals surface area contributed by atoms with Gasteiger partial charge in [0.1, 0.15) is 0 Å². The standard InChI is InChI=1S/C5H11NO2.C5H12S.C2H6/c1-2-3-8-5(7)4-6;1-5(2,3)6-4;1-2/h2-4,6H2,1H3;1-4H3;1-2H3. The fraction of sp³-hybridized carbons (Fsp3) is 0.917. The highest BCUT2D eigenvalue weighted by Gasteiger charge is 2.04. The Balaban J connectivity index is -0.000000188. The number of ether oxygens (including phenoxy) is 1. The van der Waals surface area contributed by atoms with Crippen LogP contribution >= 0.6 is 11.8 Å². The fourth-order valence-electron chi connectivity index (χ4n) is 0.275. The van der Waals surface area contributed by atoms with Crippen LogP contribution in [0.2, 0.25) is 0 Å². The van der Waals surface area contributed by atoms with Gasteiger partial charge in [0.25, 0.3) is 0 Å². The molecule has 0 atom stereocenters. The van der Waals surface area contributed by atoms with Crippen molar-refractivity contribution in [1.82, 2.24) is 0 Å². The largest absolute Gasteiger partial charge is 0.465 e. The first-order valence-electron chi connectivity index (χ1n) is 5.78. The molecular weight excluding hydrogens is 222 g/mol. The Hall–Kier alpha value is -0.220. The molecular formula is C12H29NO2S. The van der Waals surface area contributed by atoms with E-state index in [9.17, 15) is 4.79 Å². The first-order valence-corrected chi connectivity index (χ1v) is 7.00. The van der Waals surface area contributed by atoms with Gasteiger partial charge in [-0.05, 0) is 12.7 Å². The van der Waals surface area contributed by atoms with Crippen molar-refractivity contribution in [3.05, 3.63) is 0 Å². The molecule has 0 spiro atoms. The summed E-state index contributed by atoms with van der Waals surface area (Å²) in [7, 11) is 0. The first-order chi connectivity index (χ1) is 7.37. The number of hydrogen-bond donors (Lipinski definition) is 1. The molecule has 3 nitrogen and oxygen atoms in total. The highest BCUT2D eigenvalue weighted by atomic mass is 32.2. The van der Waals surface area contributed by atoms with Gasteiger partial charge < -0.3 is 10.5 Å². The molecule has 0 aliphatic carbocycles. The van der Waals surface area contributed by atoms with Crippen LogP contribution in [0.4, 0.5) is 0 Å². The molecule has 0 aromatic carbocycles. The van der Waals surface area contributed by atoms with E-state index < -0.39 is 0 Å². The molecule has 0 saturated carbocycles. The van der Waals surface area contributed by atoms with Crippen LogP contribution < -0.4 is 5.73 Å². The number of carbonyl (C=O) groups excluding carboxylic acids is 1. The summed E-state index contributed by atoms with van der Waals surface area (Å²) in [5.41, 5.74) is 4.94. The molecule has 0 aliphatic rings. The molecule has 100 valence electrons. The zero-order chi connectivity index (χ0) is 13.6. The van der Waals surface area contributed by atoms with Crippen molar-refractivity contribution < 1.29 is 9.53 Å². The molecule has 2 N–H and O–H groups in total. The average Bonchev–Trinajstić information content (AvgIpc) is 2.28. The third-order valence-electron chi connectivity index (χ3n) is 1.25. The fourth-order valence-corrected chi connectivity index (χ4v) is 0.275. The molecule has 16 heavy (non-hydrogen) atoms. The van der Waals surface area contributed by atoms with Gasteiger partial charge in [-0.1, -0.05) is 41.5 Å². The Morgan fingerprint density at radius 2 is 1.69 bits per heavy atom. The Labute approximate surface area is 106 Å². The van der Waals surface area contributed by atoms with Gasteiger partial charge in [0.2, 0.25) is 0 Å². The van der Waals surface area contributed by atoms with E-state index >= 15 is 0 Å². The summed E-state index contributed by atoms with van der Waals surface area (Å²) >= 11 is 1.88. The number of carbonyl (C=O) groups is 1. The Bertz CT molecular complexity index is 144. The van der Waals surface area contributed by atoms with E-state index in [4.69, 9.17) is 5.73 Å². The second-order valence-corrected chi connectivity index (χ2v) is 5.37. The van der Waals surface area contributed by atoms with Crippen molar-refractivity contribution in [1.29, 1.82) is 0 Å². The second-order valence-electron chi connectivity index (χ2n) is 3.74. The molecule has 0 bridgehead atoms. The van der Waals surface area contributed by atoms with E-state index in [-0.39, 0.29) is 12.5 Å². The molecule has 0 aliphatic heterocycles. The lowest BCUT2D eigenvalue weighted by molar-refractivity contribution is -0.141. The summed E-state index contributed by atoms with van der Waals surface area (Å²) in [4.78, 5) is 10.2. The summed E-state index contributed by atoms with van der Waals surface area (Å²) in [5, 5.41) is 0. The quantitative estimate of drug-likeness (QED) is 0.783. The minimum absolute atomic E-state index is 0.0139. The lowest BCUT2D eigenvalue weighted by Crippen LogP contribution is -2.16. The predicted molar refractivity (Wildman–Crippen MR) is 74.9 cm³/mol. The summed E-state index contributed by atoms with van der Waals surface area (Å²) < 4.78 is 5.03. The summed E-state index contributed by atoms with van der Waals surface area (Å²) in [6, 6.07) is 0. The third-order valence-corrected chi connectivity index (χ3v) is 2.47. The SMILES string of the molecule is CC.CCCOC(=O)CN.CSC(C)(C)C. The van der Waals surface area contributed by atoms with Crippen LogP contribution in [0.3, 0.4) is 0 Å². The minimum Gasteiger partial charge on any atom is -0.465 e. The Morgan fingerprint density at radius 1 is 1.31 bits per heavy atom. The second kappa shape index (κ2) is 14.8. The number of rotatable bonds is 3. The third kappa shape index (κ3) is 29.2. The maximum absolute atomic E-state index is 10.2. The molecule has 0 aromatic rings. The molecule has 0 amide bonds. The van der Waals surface area contributed by atoms with Crippen molar-refractivity contribution >= 4 is 17.7 Å². The van der Waals surface area contributed by atoms with E-state index in [1.807, 2.05) is 32.5 Å². The van der Waals surface area contributed by atoms with Gasteiger partial charge >= 0.3 is 5.97 Å². The van der Waals surface area contributed by atoms with Gasteiger partial charge in [0.05, 0.1) is 13.2 Å². The van der Waals surface area contributed by atoms with Crippen molar-refractivity contribution in [2.75, 3.05) is 19.4 Å². The van der Waals surface area contributed by atoms with Gasteiger partial charge in [-0.2, -0.15) is 11.8 Å². The van der Waals surface area contributed by atoms with Crippen molar-refractivity contribution in [3.8, 4) is 0 Å². The van der Waals surface area contributed by atoms with Crippen molar-refractivity contribution in [2.45, 2.75) is 52.7 Å². The van der Waals surface area contributed by atoms with E-state index in [1.165, 1.54) is 0 Å². The van der Waals surface area contributed by atoms with Crippen LogP contribution in [-0.4, -0.2) is 30.1 Å². The highest BCUT2D eigenvalue weighted by Crippen LogP contribution is 2.18. The molecule has 0 fully saturated rings. The number of thioether (sulfide) groups is 1. The number of hydrogen-bond acceptors (Lipinski definition) is 4. The number of esters is 1. The molecule has 0 rings (SSSR count). The van der Waals surface area contributed by atoms with Gasteiger partial charge in [-0.15, -0.1) is 0 Å². The van der Waals surface area contributed by atoms with Crippen LogP contribution in [0.25, 0.3) is 0 Å². The van der Waals surface area contributed by atoms with Crippen LogP contribution in [-0.2, 0) is 9.53 Å². The minimum atomic E-state index is -0.327. The molecule has 0 radical (unpaired) electrons. The highest BCUT2D eigenvalue weighted by molar-refractivity contribution is 7.99. The smallest absolute Gasteiger partial charge is 0.319 e. The zero-order valence-corrected chi connectivity index (χ0v) is 12.7. The Morgan fingerprint density at radius 3 is 1.88 bits per heavy atom. The first kappa shape index (κ1) is 21.1. The summed E-state index contributed by atoms with van der Waals surface area (Å²) in [6.45, 7) is 13.0. The zero-order valence-electron chi connectivity index (χ0n) is 11.9. The van der Waals surface area contributed by atoms with Gasteiger partial charge in [0, 0.05) is 4.75 Å². The van der Waals surface area contributed by atoms with Crippen molar-refractivity contribution in [2.24, 2.45) is 5.73 Å². The topological polar surface area (TPSA) is 52.3 Å². The van der Waals surface area contributed by atoms with Gasteiger partial charge in [-0.3, -0.25) is 4.79 Å². The van der Waals surface area contributed by atoms with Crippen LogP contribution in [0.5, 0.6) is 0 Å². The molecule has 0 heterocycles. The maximum atomic E-state index is 10.2. The van der Waals surface area contributed by atoms with Gasteiger partial charge in [-0.25, -0.2) is 0 Å². The van der Waals surface area contributed by atoms with E-state index in [1.54, 1.807) is 0 Å². The monoisotopic (exact) mass is 251 g/mol. The summed E-state index contributed by atoms with van der Waals surface area (Å²) in [6.07, 6.45) is 2.98. The van der Waals surface area contributed by atoms with E-state index in [0.29, 0.717) is 11.4 Å². The number of nitrogens with two attached hydrogens (primary N) is 1.